The summed E-state index contributed by atoms with van der Waals surface area (Å²) in [6, 6.07) is 0.525. The van der Waals surface area contributed by atoms with Gasteiger partial charge in [-0.1, -0.05) is 0 Å². The number of hydrogen-bond donors (Lipinski definition) is 1. The highest BCUT2D eigenvalue weighted by Crippen LogP contribution is 2.29. The van der Waals surface area contributed by atoms with Gasteiger partial charge in [0.1, 0.15) is 0 Å². The van der Waals surface area contributed by atoms with Crippen molar-refractivity contribution in [1.82, 2.24) is 15.0 Å². The van der Waals surface area contributed by atoms with Crippen molar-refractivity contribution in [3.8, 4) is 0 Å². The number of halogens is 1. The van der Waals surface area contributed by atoms with Crippen LogP contribution in [0.4, 0.5) is 5.82 Å². The molecule has 0 bridgehead atoms. The van der Waals surface area contributed by atoms with Gasteiger partial charge in [-0.05, 0) is 19.3 Å². The zero-order valence-corrected chi connectivity index (χ0v) is 6.92. The molecule has 5 heteroatoms. The number of aromatic nitrogens is 3. The Kier molecular flexibility index (Phi) is 2.34. The monoisotopic (exact) mass is 174 g/mol. The van der Waals surface area contributed by atoms with E-state index in [1.54, 1.807) is 11.0 Å². The summed E-state index contributed by atoms with van der Waals surface area (Å²) in [5, 5.41) is 8.03. The van der Waals surface area contributed by atoms with E-state index in [1.165, 1.54) is 19.3 Å². The maximum absolute atomic E-state index is 5.40. The highest BCUT2D eigenvalue weighted by molar-refractivity contribution is 5.85. The van der Waals surface area contributed by atoms with Crippen molar-refractivity contribution in [1.29, 1.82) is 0 Å². The van der Waals surface area contributed by atoms with Crippen LogP contribution in [-0.4, -0.2) is 15.0 Å². The smallest absolute Gasteiger partial charge is 0.165 e. The van der Waals surface area contributed by atoms with Crippen LogP contribution in [0.1, 0.15) is 25.3 Å². The minimum Gasteiger partial charge on any atom is -0.381 e. The molecule has 2 N–H and O–H groups in total. The Labute approximate surface area is 71.2 Å². The molecule has 1 aromatic rings. The van der Waals surface area contributed by atoms with E-state index in [4.69, 9.17) is 5.73 Å². The number of hydrogen-bond acceptors (Lipinski definition) is 3. The van der Waals surface area contributed by atoms with Crippen molar-refractivity contribution >= 4 is 18.2 Å². The Morgan fingerprint density at radius 3 is 2.64 bits per heavy atom. The summed E-state index contributed by atoms with van der Waals surface area (Å²) >= 11 is 0. The van der Waals surface area contributed by atoms with E-state index in [0.717, 1.165) is 0 Å². The summed E-state index contributed by atoms with van der Waals surface area (Å²) in [6.07, 6.45) is 5.30. The standard InChI is InChI=1S/C6H10N4.ClH/c7-6-4-8-10(9-6)5-2-1-3-5;/h4-5H,1-3H2,(H2,7,9);1H. The molecule has 11 heavy (non-hydrogen) atoms. The highest BCUT2D eigenvalue weighted by Gasteiger charge is 2.20. The van der Waals surface area contributed by atoms with Crippen LogP contribution >= 0.6 is 12.4 Å². The molecule has 0 aromatic carbocycles. The molecular formula is C6H11ClN4. The van der Waals surface area contributed by atoms with Gasteiger partial charge < -0.3 is 5.73 Å². The molecule has 1 aliphatic rings. The number of nitrogens with two attached hydrogens (primary N) is 1. The third kappa shape index (κ3) is 1.45. The molecule has 2 rings (SSSR count). The second-order valence-electron chi connectivity index (χ2n) is 2.67. The van der Waals surface area contributed by atoms with Crippen molar-refractivity contribution in [2.24, 2.45) is 0 Å². The maximum atomic E-state index is 5.40. The molecule has 4 nitrogen and oxygen atoms in total. The first-order valence-corrected chi connectivity index (χ1v) is 3.53. The Balaban J connectivity index is 0.000000605. The molecular weight excluding hydrogens is 164 g/mol. The molecule has 1 fully saturated rings. The average molecular weight is 175 g/mol. The van der Waals surface area contributed by atoms with Gasteiger partial charge in [0.2, 0.25) is 0 Å². The van der Waals surface area contributed by atoms with E-state index in [-0.39, 0.29) is 12.4 Å². The van der Waals surface area contributed by atoms with E-state index in [1.807, 2.05) is 0 Å². The number of rotatable bonds is 1. The zero-order valence-electron chi connectivity index (χ0n) is 6.10. The molecule has 1 aromatic heterocycles. The van der Waals surface area contributed by atoms with E-state index in [9.17, 15) is 0 Å². The third-order valence-corrected chi connectivity index (χ3v) is 1.93. The topological polar surface area (TPSA) is 56.7 Å². The minimum atomic E-state index is 0. The summed E-state index contributed by atoms with van der Waals surface area (Å²) in [5.41, 5.74) is 5.40. The zero-order chi connectivity index (χ0) is 6.97. The lowest BCUT2D eigenvalue weighted by molar-refractivity contribution is 0.262. The van der Waals surface area contributed by atoms with Gasteiger partial charge in [-0.25, -0.2) is 0 Å². The predicted molar refractivity (Wildman–Crippen MR) is 44.6 cm³/mol. The largest absolute Gasteiger partial charge is 0.381 e. The van der Waals surface area contributed by atoms with Gasteiger partial charge in [-0.15, -0.1) is 17.5 Å². The van der Waals surface area contributed by atoms with Gasteiger partial charge in [-0.2, -0.15) is 9.90 Å². The van der Waals surface area contributed by atoms with Gasteiger partial charge >= 0.3 is 0 Å². The van der Waals surface area contributed by atoms with Crippen molar-refractivity contribution in [3.05, 3.63) is 6.20 Å². The molecule has 0 radical (unpaired) electrons. The molecule has 0 amide bonds. The van der Waals surface area contributed by atoms with Crippen LogP contribution in [-0.2, 0) is 0 Å². The minimum absolute atomic E-state index is 0. The lowest BCUT2D eigenvalue weighted by Gasteiger charge is -2.23. The summed E-state index contributed by atoms with van der Waals surface area (Å²) < 4.78 is 0. The van der Waals surface area contributed by atoms with Crippen molar-refractivity contribution in [2.75, 3.05) is 5.73 Å². The van der Waals surface area contributed by atoms with Crippen molar-refractivity contribution < 1.29 is 0 Å². The Hall–Kier alpha value is -0.770. The molecule has 1 saturated carbocycles. The number of nitrogen functional groups attached to an aromatic ring is 1. The summed E-state index contributed by atoms with van der Waals surface area (Å²) in [5.74, 6) is 0.520. The first kappa shape index (κ1) is 8.33. The Bertz CT molecular complexity index is 230. The fourth-order valence-corrected chi connectivity index (χ4v) is 1.08. The van der Waals surface area contributed by atoms with Crippen LogP contribution in [0, 0.1) is 0 Å². The van der Waals surface area contributed by atoms with E-state index < -0.39 is 0 Å². The third-order valence-electron chi connectivity index (χ3n) is 1.93. The second-order valence-corrected chi connectivity index (χ2v) is 2.67. The first-order chi connectivity index (χ1) is 4.86. The Morgan fingerprint density at radius 1 is 1.55 bits per heavy atom. The average Bonchev–Trinajstić information content (AvgIpc) is 2.10. The number of anilines is 1. The van der Waals surface area contributed by atoms with Crippen LogP contribution in [0.2, 0.25) is 0 Å². The second kappa shape index (κ2) is 3.09. The molecule has 0 aliphatic heterocycles. The van der Waals surface area contributed by atoms with Crippen LogP contribution in [0.3, 0.4) is 0 Å². The lowest BCUT2D eigenvalue weighted by Crippen LogP contribution is -2.19. The molecule has 1 heterocycles. The van der Waals surface area contributed by atoms with Crippen LogP contribution in [0.15, 0.2) is 6.20 Å². The fraction of sp³-hybridized carbons (Fsp3) is 0.667. The van der Waals surface area contributed by atoms with Gasteiger partial charge in [0, 0.05) is 0 Å². The van der Waals surface area contributed by atoms with Gasteiger partial charge in [0.05, 0.1) is 12.2 Å². The van der Waals surface area contributed by atoms with Crippen LogP contribution < -0.4 is 5.73 Å². The first-order valence-electron chi connectivity index (χ1n) is 3.53. The quantitative estimate of drug-likeness (QED) is 0.692. The molecule has 0 spiro atoms. The summed E-state index contributed by atoms with van der Waals surface area (Å²) in [4.78, 5) is 1.72. The molecule has 0 unspecified atom stereocenters. The van der Waals surface area contributed by atoms with Gasteiger partial charge in [-0.3, -0.25) is 0 Å². The van der Waals surface area contributed by atoms with Gasteiger partial charge in [0.15, 0.2) is 5.82 Å². The molecule has 1 aliphatic carbocycles. The van der Waals surface area contributed by atoms with Crippen LogP contribution in [0.5, 0.6) is 0 Å². The maximum Gasteiger partial charge on any atom is 0.165 e. The van der Waals surface area contributed by atoms with Crippen molar-refractivity contribution in [3.63, 3.8) is 0 Å². The molecule has 62 valence electrons. The fourth-order valence-electron chi connectivity index (χ4n) is 1.08. The van der Waals surface area contributed by atoms with Crippen LogP contribution in [0.25, 0.3) is 0 Å². The predicted octanol–water partition coefficient (Wildman–Crippen LogP) is 1.01. The van der Waals surface area contributed by atoms with Gasteiger partial charge in [0.25, 0.3) is 0 Å². The normalized spacial score (nSPS) is 17.1. The lowest BCUT2D eigenvalue weighted by atomic mass is 9.94. The summed E-state index contributed by atoms with van der Waals surface area (Å²) in [7, 11) is 0. The summed E-state index contributed by atoms with van der Waals surface area (Å²) in [6.45, 7) is 0. The van der Waals surface area contributed by atoms with E-state index in [0.29, 0.717) is 11.9 Å². The highest BCUT2D eigenvalue weighted by atomic mass is 35.5. The molecule has 0 saturated heterocycles. The SMILES string of the molecule is Cl.Nc1cnn(C2CCC2)n1. The van der Waals surface area contributed by atoms with Crippen molar-refractivity contribution in [2.45, 2.75) is 25.3 Å². The van der Waals surface area contributed by atoms with E-state index >= 15 is 0 Å². The number of nitrogens with zero attached hydrogens (tertiary/aromatic N) is 3. The van der Waals surface area contributed by atoms with E-state index in [2.05, 4.69) is 10.2 Å². The Morgan fingerprint density at radius 2 is 2.27 bits per heavy atom. The molecule has 0 atom stereocenters.